The van der Waals surface area contributed by atoms with Gasteiger partial charge in [-0.15, -0.1) is 0 Å². The maximum Gasteiger partial charge on any atom is 0.271 e. The molecular weight excluding hydrogens is 312 g/mol. The number of phenolic OH excluding ortho intramolecular Hbond substituents is 1. The van der Waals surface area contributed by atoms with Crippen molar-refractivity contribution < 1.29 is 14.8 Å². The van der Waals surface area contributed by atoms with Crippen LogP contribution in [0.2, 0.25) is 0 Å². The third-order valence-corrected chi connectivity index (χ3v) is 2.91. The fourth-order valence-electron chi connectivity index (χ4n) is 1.80. The number of nitriles is 1. The molecule has 2 aromatic carbocycles. The minimum absolute atomic E-state index is 0.0351. The van der Waals surface area contributed by atoms with Gasteiger partial charge in [-0.05, 0) is 18.2 Å². The van der Waals surface area contributed by atoms with Gasteiger partial charge in [0, 0.05) is 35.8 Å². The molecule has 120 valence electrons. The average Bonchev–Trinajstić information content (AvgIpc) is 2.55. The van der Waals surface area contributed by atoms with Crippen molar-refractivity contribution in [2.24, 2.45) is 0 Å². The van der Waals surface area contributed by atoms with Crippen molar-refractivity contribution >= 4 is 23.0 Å². The van der Waals surface area contributed by atoms with Gasteiger partial charge in [0.1, 0.15) is 17.4 Å². The van der Waals surface area contributed by atoms with Crippen molar-refractivity contribution in [2.75, 3.05) is 10.6 Å². The summed E-state index contributed by atoms with van der Waals surface area (Å²) in [4.78, 5) is 22.2. The zero-order valence-electron chi connectivity index (χ0n) is 12.3. The molecule has 0 aromatic heterocycles. The average molecular weight is 324 g/mol. The number of carbonyl (C=O) groups is 1. The molecule has 0 aliphatic heterocycles. The number of benzene rings is 2. The Morgan fingerprint density at radius 1 is 1.21 bits per heavy atom. The van der Waals surface area contributed by atoms with Crippen LogP contribution >= 0.6 is 0 Å². The number of hydrogen-bond acceptors (Lipinski definition) is 6. The summed E-state index contributed by atoms with van der Waals surface area (Å²) in [5.74, 6) is -0.682. The summed E-state index contributed by atoms with van der Waals surface area (Å²) in [5, 5.41) is 34.3. The van der Waals surface area contributed by atoms with Gasteiger partial charge in [-0.3, -0.25) is 14.9 Å². The summed E-state index contributed by atoms with van der Waals surface area (Å²) < 4.78 is 0. The molecule has 2 rings (SSSR count). The summed E-state index contributed by atoms with van der Waals surface area (Å²) in [6.07, 6.45) is 1.18. The topological polar surface area (TPSA) is 128 Å². The molecule has 0 saturated heterocycles. The molecule has 0 unspecified atom stereocenters. The minimum atomic E-state index is -0.717. The van der Waals surface area contributed by atoms with Gasteiger partial charge in [0.05, 0.1) is 4.92 Å². The van der Waals surface area contributed by atoms with Crippen LogP contribution in [-0.2, 0) is 4.79 Å². The van der Waals surface area contributed by atoms with Gasteiger partial charge in [0.2, 0.25) is 0 Å². The fraction of sp³-hybridized carbons (Fsp3) is 0. The molecule has 1 amide bonds. The van der Waals surface area contributed by atoms with E-state index in [-0.39, 0.29) is 22.7 Å². The Balaban J connectivity index is 2.11. The van der Waals surface area contributed by atoms with Crippen molar-refractivity contribution in [1.29, 1.82) is 5.26 Å². The van der Waals surface area contributed by atoms with E-state index in [1.165, 1.54) is 42.6 Å². The van der Waals surface area contributed by atoms with Crippen molar-refractivity contribution in [2.45, 2.75) is 0 Å². The zero-order valence-corrected chi connectivity index (χ0v) is 12.3. The molecule has 0 radical (unpaired) electrons. The first kappa shape index (κ1) is 16.5. The maximum atomic E-state index is 12.1. The lowest BCUT2D eigenvalue weighted by atomic mass is 10.2. The van der Waals surface area contributed by atoms with Gasteiger partial charge in [0.15, 0.2) is 0 Å². The van der Waals surface area contributed by atoms with Crippen LogP contribution in [0.25, 0.3) is 0 Å². The van der Waals surface area contributed by atoms with Crippen LogP contribution in [0.5, 0.6) is 5.75 Å². The highest BCUT2D eigenvalue weighted by Gasteiger charge is 2.12. The van der Waals surface area contributed by atoms with Crippen LogP contribution in [0, 0.1) is 21.4 Å². The number of carbonyl (C=O) groups excluding carboxylic acids is 1. The molecule has 3 N–H and O–H groups in total. The third-order valence-electron chi connectivity index (χ3n) is 2.91. The number of rotatable bonds is 5. The summed E-state index contributed by atoms with van der Waals surface area (Å²) in [6, 6.07) is 13.3. The van der Waals surface area contributed by atoms with E-state index in [4.69, 9.17) is 5.26 Å². The predicted octanol–water partition coefficient (Wildman–Crippen LogP) is 2.76. The quantitative estimate of drug-likeness (QED) is 0.336. The molecule has 2 aromatic rings. The Morgan fingerprint density at radius 3 is 2.58 bits per heavy atom. The second-order valence-corrected chi connectivity index (χ2v) is 4.63. The van der Waals surface area contributed by atoms with E-state index < -0.39 is 10.8 Å². The molecule has 0 heterocycles. The van der Waals surface area contributed by atoms with Crippen LogP contribution in [0.15, 0.2) is 60.3 Å². The highest BCUT2D eigenvalue weighted by molar-refractivity contribution is 6.06. The lowest BCUT2D eigenvalue weighted by Gasteiger charge is -2.05. The van der Waals surface area contributed by atoms with E-state index >= 15 is 0 Å². The van der Waals surface area contributed by atoms with E-state index in [0.29, 0.717) is 5.69 Å². The molecule has 0 saturated carbocycles. The number of nitrogens with zero attached hydrogens (tertiary/aromatic N) is 2. The van der Waals surface area contributed by atoms with E-state index in [2.05, 4.69) is 10.6 Å². The molecule has 0 aliphatic rings. The maximum absolute atomic E-state index is 12.1. The molecule has 8 heteroatoms. The largest absolute Gasteiger partial charge is 0.508 e. The highest BCUT2D eigenvalue weighted by Crippen LogP contribution is 2.18. The van der Waals surface area contributed by atoms with E-state index in [1.807, 2.05) is 0 Å². The van der Waals surface area contributed by atoms with Crippen molar-refractivity contribution in [3.05, 3.63) is 70.4 Å². The third kappa shape index (κ3) is 4.32. The Morgan fingerprint density at radius 2 is 1.92 bits per heavy atom. The van der Waals surface area contributed by atoms with Gasteiger partial charge in [-0.25, -0.2) is 0 Å². The smallest absolute Gasteiger partial charge is 0.271 e. The molecule has 0 fully saturated rings. The normalized spacial score (nSPS) is 10.5. The van der Waals surface area contributed by atoms with Crippen molar-refractivity contribution in [1.82, 2.24) is 0 Å². The number of non-ortho nitro benzene ring substituents is 1. The van der Waals surface area contributed by atoms with Crippen molar-refractivity contribution in [3.63, 3.8) is 0 Å². The summed E-state index contributed by atoms with van der Waals surface area (Å²) in [5.41, 5.74) is 0.289. The van der Waals surface area contributed by atoms with Gasteiger partial charge >= 0.3 is 0 Å². The summed E-state index contributed by atoms with van der Waals surface area (Å²) in [6.45, 7) is 0. The van der Waals surface area contributed by atoms with E-state index in [1.54, 1.807) is 18.2 Å². The molecule has 0 atom stereocenters. The molecule has 0 spiro atoms. The lowest BCUT2D eigenvalue weighted by Crippen LogP contribution is -2.14. The first-order valence-electron chi connectivity index (χ1n) is 6.71. The first-order chi connectivity index (χ1) is 11.5. The Bertz CT molecular complexity index is 855. The number of aromatic hydroxyl groups is 1. The monoisotopic (exact) mass is 324 g/mol. The number of nitro benzene ring substituents is 1. The second-order valence-electron chi connectivity index (χ2n) is 4.63. The molecule has 0 aliphatic carbocycles. The van der Waals surface area contributed by atoms with Crippen molar-refractivity contribution in [3.8, 4) is 11.8 Å². The minimum Gasteiger partial charge on any atom is -0.508 e. The Labute approximate surface area is 136 Å². The van der Waals surface area contributed by atoms with Gasteiger partial charge in [0.25, 0.3) is 11.6 Å². The molecule has 8 nitrogen and oxygen atoms in total. The summed E-state index contributed by atoms with van der Waals surface area (Å²) in [7, 11) is 0. The predicted molar refractivity (Wildman–Crippen MR) is 87.2 cm³/mol. The van der Waals surface area contributed by atoms with Crippen LogP contribution in [0.4, 0.5) is 17.1 Å². The number of nitrogens with one attached hydrogen (secondary N) is 2. The highest BCUT2D eigenvalue weighted by atomic mass is 16.6. The van der Waals surface area contributed by atoms with E-state index in [9.17, 15) is 20.0 Å². The SMILES string of the molecule is N#C/C(=C/Nc1cccc(O)c1)C(=O)Nc1cccc([N+](=O)[O-])c1. The van der Waals surface area contributed by atoms with Gasteiger partial charge in [-0.1, -0.05) is 12.1 Å². The Kier molecular flexibility index (Phi) is 5.10. The first-order valence-corrected chi connectivity index (χ1v) is 6.71. The van der Waals surface area contributed by atoms with Crippen LogP contribution in [0.3, 0.4) is 0 Å². The van der Waals surface area contributed by atoms with Gasteiger partial charge in [-0.2, -0.15) is 5.26 Å². The number of amides is 1. The van der Waals surface area contributed by atoms with E-state index in [0.717, 1.165) is 0 Å². The Hall–Kier alpha value is -3.86. The number of nitro groups is 1. The molecular formula is C16H12N4O4. The standard InChI is InChI=1S/C16H12N4O4/c17-9-11(10-18-12-3-2-6-15(21)8-12)16(22)19-13-4-1-5-14(7-13)20(23)24/h1-8,10,18,21H,(H,19,22)/b11-10-. The zero-order chi connectivity index (χ0) is 17.5. The van der Waals surface area contributed by atoms with Crippen LogP contribution < -0.4 is 10.6 Å². The number of hydrogen-bond donors (Lipinski definition) is 3. The molecule has 24 heavy (non-hydrogen) atoms. The second kappa shape index (κ2) is 7.42. The number of phenols is 1. The lowest BCUT2D eigenvalue weighted by molar-refractivity contribution is -0.384. The van der Waals surface area contributed by atoms with Crippen LogP contribution in [0.1, 0.15) is 0 Å². The summed E-state index contributed by atoms with van der Waals surface area (Å²) >= 11 is 0. The number of anilines is 2. The van der Waals surface area contributed by atoms with Crippen LogP contribution in [-0.4, -0.2) is 15.9 Å². The fourth-order valence-corrected chi connectivity index (χ4v) is 1.80. The van der Waals surface area contributed by atoms with Gasteiger partial charge < -0.3 is 15.7 Å². The molecule has 0 bridgehead atoms.